The molecule has 1 aromatic carbocycles. The monoisotopic (exact) mass is 533 g/mol. The number of carbonyl (C=O) groups is 4. The smallest absolute Gasteiger partial charge is 0.251 e. The highest BCUT2D eigenvalue weighted by Crippen LogP contribution is 2.19. The normalized spacial score (nSPS) is 18.0. The molecule has 2 heterocycles. The van der Waals surface area contributed by atoms with E-state index in [1.165, 1.54) is 4.90 Å². The van der Waals surface area contributed by atoms with E-state index in [0.717, 1.165) is 18.8 Å². The highest BCUT2D eigenvalue weighted by molar-refractivity contribution is 5.98. The number of benzene rings is 1. The number of guanidine groups is 1. The van der Waals surface area contributed by atoms with Crippen molar-refractivity contribution in [2.75, 3.05) is 57.5 Å². The first-order valence-electron chi connectivity index (χ1n) is 12.7. The number of anilines is 1. The number of nitrogens with zero attached hydrogens (tertiary/aromatic N) is 3. The summed E-state index contributed by atoms with van der Waals surface area (Å²) >= 11 is 0. The maximum atomic E-state index is 13.1. The topological polar surface area (TPSA) is 172 Å². The van der Waals surface area contributed by atoms with Crippen LogP contribution in [0.4, 0.5) is 10.1 Å². The Hall–Kier alpha value is -3.74. The van der Waals surface area contributed by atoms with E-state index in [0.29, 0.717) is 44.6 Å². The Balaban J connectivity index is 1.54. The second kappa shape index (κ2) is 14.3. The van der Waals surface area contributed by atoms with Crippen LogP contribution in [0.15, 0.2) is 29.3 Å². The van der Waals surface area contributed by atoms with E-state index in [9.17, 15) is 23.6 Å². The molecule has 2 saturated heterocycles. The molecule has 38 heavy (non-hydrogen) atoms. The number of morpholine rings is 1. The third kappa shape index (κ3) is 8.13. The van der Waals surface area contributed by atoms with Gasteiger partial charge in [-0.2, -0.15) is 0 Å². The van der Waals surface area contributed by atoms with Gasteiger partial charge in [0.2, 0.25) is 11.8 Å². The predicted molar refractivity (Wildman–Crippen MR) is 139 cm³/mol. The Bertz CT molecular complexity index is 1030. The lowest BCUT2D eigenvalue weighted by Crippen LogP contribution is -2.52. The van der Waals surface area contributed by atoms with Gasteiger partial charge in [-0.05, 0) is 43.9 Å². The second-order valence-electron chi connectivity index (χ2n) is 9.19. The summed E-state index contributed by atoms with van der Waals surface area (Å²) in [5.41, 5.74) is 11.9. The number of halogens is 1. The van der Waals surface area contributed by atoms with E-state index in [4.69, 9.17) is 16.2 Å². The van der Waals surface area contributed by atoms with Crippen molar-refractivity contribution in [3.8, 4) is 0 Å². The highest BCUT2D eigenvalue weighted by atomic mass is 19.1. The number of amides is 3. The van der Waals surface area contributed by atoms with Gasteiger partial charge in [-0.25, -0.2) is 4.39 Å². The van der Waals surface area contributed by atoms with E-state index in [1.54, 1.807) is 18.2 Å². The van der Waals surface area contributed by atoms with Gasteiger partial charge in [-0.3, -0.25) is 24.2 Å². The van der Waals surface area contributed by atoms with Crippen molar-refractivity contribution in [2.45, 2.75) is 37.8 Å². The zero-order valence-corrected chi connectivity index (χ0v) is 21.4. The molecular weight excluding hydrogens is 497 g/mol. The van der Waals surface area contributed by atoms with Crippen molar-refractivity contribution >= 4 is 35.2 Å². The average molecular weight is 534 g/mol. The van der Waals surface area contributed by atoms with Crippen LogP contribution in [0.25, 0.3) is 0 Å². The molecule has 2 atom stereocenters. The molecule has 0 aliphatic carbocycles. The highest BCUT2D eigenvalue weighted by Gasteiger charge is 2.35. The Kier molecular flexibility index (Phi) is 10.8. The lowest BCUT2D eigenvalue weighted by Gasteiger charge is -2.29. The minimum absolute atomic E-state index is 0.0978. The quantitative estimate of drug-likeness (QED) is 0.155. The van der Waals surface area contributed by atoms with Gasteiger partial charge in [-0.1, -0.05) is 6.07 Å². The molecule has 0 aromatic heterocycles. The SMILES string of the molecule is NC(N)=NCCC[C@H](NC(=O)[C@@H]1CCCN1C(=O)CNC(=O)c1cccc(N2CCOCC2)c1)C(=O)CF. The van der Waals surface area contributed by atoms with Gasteiger partial charge in [0.05, 0.1) is 25.8 Å². The van der Waals surface area contributed by atoms with Gasteiger partial charge in [0.1, 0.15) is 12.7 Å². The number of hydrogen-bond acceptors (Lipinski definition) is 7. The van der Waals surface area contributed by atoms with Crippen LogP contribution < -0.4 is 27.0 Å². The number of hydrogen-bond donors (Lipinski definition) is 4. The molecule has 6 N–H and O–H groups in total. The Labute approximate surface area is 220 Å². The molecule has 0 bridgehead atoms. The van der Waals surface area contributed by atoms with Gasteiger partial charge in [0.15, 0.2) is 11.7 Å². The van der Waals surface area contributed by atoms with E-state index in [2.05, 4.69) is 20.5 Å². The fourth-order valence-electron chi connectivity index (χ4n) is 4.54. The molecular formula is C25H36FN7O5. The average Bonchev–Trinajstić information content (AvgIpc) is 3.43. The van der Waals surface area contributed by atoms with Gasteiger partial charge in [0, 0.05) is 37.4 Å². The number of nitrogens with one attached hydrogen (secondary N) is 2. The van der Waals surface area contributed by atoms with Crippen LogP contribution in [0.2, 0.25) is 0 Å². The maximum absolute atomic E-state index is 13.1. The van der Waals surface area contributed by atoms with E-state index >= 15 is 0 Å². The number of aliphatic imine (C=N–C) groups is 1. The fourth-order valence-corrected chi connectivity index (χ4v) is 4.54. The van der Waals surface area contributed by atoms with Crippen molar-refractivity contribution in [3.05, 3.63) is 29.8 Å². The van der Waals surface area contributed by atoms with Gasteiger partial charge in [0.25, 0.3) is 5.91 Å². The van der Waals surface area contributed by atoms with Crippen molar-refractivity contribution in [1.29, 1.82) is 0 Å². The second-order valence-corrected chi connectivity index (χ2v) is 9.19. The number of carbonyl (C=O) groups excluding carboxylic acids is 4. The Morgan fingerprint density at radius 3 is 2.63 bits per heavy atom. The maximum Gasteiger partial charge on any atom is 0.251 e. The number of ether oxygens (including phenoxy) is 1. The summed E-state index contributed by atoms with van der Waals surface area (Å²) in [6.07, 6.45) is 1.51. The molecule has 2 fully saturated rings. The summed E-state index contributed by atoms with van der Waals surface area (Å²) in [4.78, 5) is 57.9. The zero-order chi connectivity index (χ0) is 27.5. The molecule has 0 radical (unpaired) electrons. The molecule has 208 valence electrons. The van der Waals surface area contributed by atoms with E-state index in [1.807, 2.05) is 6.07 Å². The predicted octanol–water partition coefficient (Wildman–Crippen LogP) is -0.679. The lowest BCUT2D eigenvalue weighted by molar-refractivity contribution is -0.138. The van der Waals surface area contributed by atoms with Gasteiger partial charge < -0.3 is 36.6 Å². The summed E-state index contributed by atoms with van der Waals surface area (Å²) in [6.45, 7) is 1.77. The molecule has 0 unspecified atom stereocenters. The first-order valence-corrected chi connectivity index (χ1v) is 12.7. The number of likely N-dealkylation sites (tertiary alicyclic amines) is 1. The molecule has 13 heteroatoms. The van der Waals surface area contributed by atoms with Crippen molar-refractivity contribution in [3.63, 3.8) is 0 Å². The van der Waals surface area contributed by atoms with Crippen molar-refractivity contribution < 1.29 is 28.3 Å². The summed E-state index contributed by atoms with van der Waals surface area (Å²) in [5, 5.41) is 5.21. The molecule has 3 rings (SSSR count). The van der Waals surface area contributed by atoms with Crippen LogP contribution in [0.1, 0.15) is 36.0 Å². The lowest BCUT2D eigenvalue weighted by atomic mass is 10.1. The Morgan fingerprint density at radius 1 is 1.16 bits per heavy atom. The van der Waals surface area contributed by atoms with Crippen LogP contribution in [-0.4, -0.2) is 99.1 Å². The largest absolute Gasteiger partial charge is 0.378 e. The molecule has 12 nitrogen and oxygen atoms in total. The minimum Gasteiger partial charge on any atom is -0.378 e. The Morgan fingerprint density at radius 2 is 1.92 bits per heavy atom. The number of nitrogens with two attached hydrogens (primary N) is 2. The summed E-state index contributed by atoms with van der Waals surface area (Å²) < 4.78 is 18.4. The summed E-state index contributed by atoms with van der Waals surface area (Å²) in [6, 6.07) is 5.30. The van der Waals surface area contributed by atoms with Crippen LogP contribution in [0, 0.1) is 0 Å². The zero-order valence-electron chi connectivity index (χ0n) is 21.4. The van der Waals surface area contributed by atoms with Gasteiger partial charge in [-0.15, -0.1) is 0 Å². The molecule has 0 spiro atoms. The van der Waals surface area contributed by atoms with E-state index < -0.39 is 42.3 Å². The molecule has 3 amide bonds. The molecule has 2 aliphatic heterocycles. The first kappa shape index (κ1) is 28.8. The van der Waals surface area contributed by atoms with Gasteiger partial charge >= 0.3 is 0 Å². The minimum atomic E-state index is -1.22. The third-order valence-corrected chi connectivity index (χ3v) is 6.54. The standard InChI is InChI=1S/C25H36FN7O5/c26-15-21(34)19(6-2-8-29-25(27)28)31-24(37)20-7-3-9-33(20)22(35)16-30-23(36)17-4-1-5-18(14-17)32-10-12-38-13-11-32/h1,4-5,14,19-20H,2-3,6-13,15-16H2,(H,30,36)(H,31,37)(H4,27,28,29)/t19-,20-/m0/s1. The number of alkyl halides is 1. The van der Waals surface area contributed by atoms with Crippen LogP contribution in [0.3, 0.4) is 0 Å². The number of ketones is 1. The summed E-state index contributed by atoms with van der Waals surface area (Å²) in [5.74, 6) is -2.21. The summed E-state index contributed by atoms with van der Waals surface area (Å²) in [7, 11) is 0. The van der Waals surface area contributed by atoms with Crippen LogP contribution in [0.5, 0.6) is 0 Å². The number of Topliss-reactive ketones (excluding diaryl/α,β-unsaturated/α-hetero) is 1. The fraction of sp³-hybridized carbons (Fsp3) is 0.560. The third-order valence-electron chi connectivity index (χ3n) is 6.54. The van der Waals surface area contributed by atoms with E-state index in [-0.39, 0.29) is 25.5 Å². The molecule has 2 aliphatic rings. The first-order chi connectivity index (χ1) is 18.3. The number of rotatable bonds is 12. The van der Waals surface area contributed by atoms with Crippen molar-refractivity contribution in [1.82, 2.24) is 15.5 Å². The molecule has 0 saturated carbocycles. The van der Waals surface area contributed by atoms with Crippen LogP contribution >= 0.6 is 0 Å². The molecule has 1 aromatic rings. The van der Waals surface area contributed by atoms with Crippen LogP contribution in [-0.2, 0) is 19.1 Å². The van der Waals surface area contributed by atoms with Crippen molar-refractivity contribution in [2.24, 2.45) is 16.5 Å².